The van der Waals surface area contributed by atoms with Gasteiger partial charge in [0, 0.05) is 0 Å². The highest BCUT2D eigenvalue weighted by molar-refractivity contribution is 14.2. The number of nitrogens with zero attached hydrogens (tertiary/aromatic N) is 3. The van der Waals surface area contributed by atoms with Gasteiger partial charge < -0.3 is 0 Å². The van der Waals surface area contributed by atoms with Crippen LogP contribution in [0.5, 0.6) is 0 Å². The molecule has 0 fully saturated rings. The molecule has 2 aromatic rings. The lowest BCUT2D eigenvalue weighted by atomic mass is 10.4. The quantitative estimate of drug-likeness (QED) is 0.390. The van der Waals surface area contributed by atoms with Crippen LogP contribution >= 0.6 is 51.6 Å². The molecule has 2 heterocycles. The van der Waals surface area contributed by atoms with E-state index in [0.29, 0.717) is 0 Å². The Morgan fingerprint density at radius 2 is 1.94 bits per heavy atom. The predicted molar refractivity (Wildman–Crippen MR) is 70.3 cm³/mol. The summed E-state index contributed by atoms with van der Waals surface area (Å²) in [6, 6.07) is 1.26. The van der Waals surface area contributed by atoms with Crippen molar-refractivity contribution in [2.24, 2.45) is 0 Å². The highest BCUT2D eigenvalue weighted by Gasteiger charge is 2.38. The molecular formula is C7H2Cl2F3IN3P. The summed E-state index contributed by atoms with van der Waals surface area (Å²) in [6.07, 6.45) is -4.75. The Kier molecular flexibility index (Phi) is 3.74. The molecule has 0 aliphatic rings. The number of halogens is 6. The van der Waals surface area contributed by atoms with E-state index >= 15 is 0 Å². The van der Waals surface area contributed by atoms with E-state index in [-0.39, 0.29) is 27.7 Å². The van der Waals surface area contributed by atoms with Gasteiger partial charge in [-0.25, -0.2) is 9.97 Å². The molecule has 0 radical (unpaired) electrons. The molecule has 10 heteroatoms. The second-order valence-electron chi connectivity index (χ2n) is 2.95. The largest absolute Gasteiger partial charge is 0.450 e. The van der Waals surface area contributed by atoms with Crippen LogP contribution in [0, 0.1) is 0 Å². The summed E-state index contributed by atoms with van der Waals surface area (Å²) < 4.78 is 39.1. The zero-order valence-corrected chi connectivity index (χ0v) is 12.4. The fourth-order valence-electron chi connectivity index (χ4n) is 1.25. The van der Waals surface area contributed by atoms with Gasteiger partial charge in [0.1, 0.15) is 10.7 Å². The Morgan fingerprint density at radius 1 is 1.29 bits per heavy atom. The number of pyridine rings is 1. The second-order valence-corrected chi connectivity index (χ2v) is 5.81. The molecule has 2 aromatic heterocycles. The molecular weight excluding hydrogens is 412 g/mol. The Labute approximate surface area is 118 Å². The third-order valence-corrected chi connectivity index (χ3v) is 4.40. The Bertz CT molecular complexity index is 586. The van der Waals surface area contributed by atoms with Crippen molar-refractivity contribution in [1.82, 2.24) is 14.3 Å². The predicted octanol–water partition coefficient (Wildman–Crippen LogP) is 4.55. The lowest BCUT2D eigenvalue weighted by Crippen LogP contribution is -2.10. The summed E-state index contributed by atoms with van der Waals surface area (Å²) in [5.41, 5.74) is 0.0510. The number of hydrogen-bond acceptors (Lipinski definition) is 2. The van der Waals surface area contributed by atoms with Crippen molar-refractivity contribution < 1.29 is 13.2 Å². The van der Waals surface area contributed by atoms with E-state index in [4.69, 9.17) is 23.2 Å². The van der Waals surface area contributed by atoms with Crippen molar-refractivity contribution in [1.29, 1.82) is 0 Å². The maximum Gasteiger partial charge on any atom is 0.450 e. The smallest absolute Gasteiger partial charge is 0.276 e. The Balaban J connectivity index is 2.85. The van der Waals surface area contributed by atoms with Gasteiger partial charge in [-0.2, -0.15) is 13.2 Å². The van der Waals surface area contributed by atoms with E-state index < -0.39 is 12.0 Å². The van der Waals surface area contributed by atoms with E-state index in [1.807, 2.05) is 22.0 Å². The highest BCUT2D eigenvalue weighted by atomic mass is 127. The van der Waals surface area contributed by atoms with Gasteiger partial charge in [0.05, 0.1) is 11.4 Å². The van der Waals surface area contributed by atoms with Gasteiger partial charge in [-0.1, -0.05) is 23.2 Å². The van der Waals surface area contributed by atoms with Crippen LogP contribution in [0.1, 0.15) is 5.82 Å². The summed E-state index contributed by atoms with van der Waals surface area (Å²) in [6.45, 7) is 0. The minimum absolute atomic E-state index is 0.00700. The Morgan fingerprint density at radius 3 is 2.47 bits per heavy atom. The van der Waals surface area contributed by atoms with Crippen LogP contribution in [0.25, 0.3) is 11.2 Å². The summed E-state index contributed by atoms with van der Waals surface area (Å²) in [7, 11) is 0. The Hall–Kier alpha value is 0.150. The molecule has 1 unspecified atom stereocenters. The molecule has 1 atom stereocenters. The minimum Gasteiger partial charge on any atom is -0.276 e. The van der Waals surface area contributed by atoms with Crippen LogP contribution in [-0.4, -0.2) is 14.3 Å². The molecule has 17 heavy (non-hydrogen) atoms. The third-order valence-electron chi connectivity index (χ3n) is 1.88. The molecule has 0 aliphatic heterocycles. The number of fused-ring (bicyclic) bond motifs is 1. The topological polar surface area (TPSA) is 30.7 Å². The third kappa shape index (κ3) is 2.47. The maximum atomic E-state index is 12.7. The summed E-state index contributed by atoms with van der Waals surface area (Å²) in [5, 5.41) is 0.0888. The van der Waals surface area contributed by atoms with E-state index in [1.54, 1.807) is 0 Å². The molecule has 0 saturated carbocycles. The number of alkyl halides is 3. The highest BCUT2D eigenvalue weighted by Crippen LogP contribution is 2.40. The van der Waals surface area contributed by atoms with Gasteiger partial charge in [0.15, 0.2) is 5.65 Å². The number of aromatic nitrogens is 3. The van der Waals surface area contributed by atoms with Crippen LogP contribution in [0.4, 0.5) is 13.2 Å². The van der Waals surface area contributed by atoms with Crippen molar-refractivity contribution in [3.8, 4) is 0 Å². The van der Waals surface area contributed by atoms with Crippen molar-refractivity contribution in [2.45, 2.75) is 6.18 Å². The average molecular weight is 414 g/mol. The van der Waals surface area contributed by atoms with Crippen molar-refractivity contribution in [2.75, 3.05) is 0 Å². The van der Waals surface area contributed by atoms with Gasteiger partial charge in [0.2, 0.25) is 5.82 Å². The van der Waals surface area contributed by atoms with E-state index in [1.165, 1.54) is 6.07 Å². The summed E-state index contributed by atoms with van der Waals surface area (Å²) in [4.78, 5) is 7.31. The van der Waals surface area contributed by atoms with E-state index in [0.717, 1.165) is 4.34 Å². The van der Waals surface area contributed by atoms with Crippen molar-refractivity contribution in [3.63, 3.8) is 0 Å². The average Bonchev–Trinajstić information content (AvgIpc) is 2.55. The maximum absolute atomic E-state index is 12.7. The fourth-order valence-corrected chi connectivity index (χ4v) is 3.59. The van der Waals surface area contributed by atoms with Gasteiger partial charge in [-0.15, -0.1) is 0 Å². The lowest BCUT2D eigenvalue weighted by Gasteiger charge is -2.06. The van der Waals surface area contributed by atoms with E-state index in [2.05, 4.69) is 9.97 Å². The first-order valence-corrected chi connectivity index (χ1v) is 8.84. The SMILES string of the molecule is FC(F)(F)c1nc2c(Cl)cc(Cl)nc2n1PI. The van der Waals surface area contributed by atoms with Gasteiger partial charge in [-0.05, 0) is 28.1 Å². The molecule has 0 saturated heterocycles. The first kappa shape index (κ1) is 13.6. The normalized spacial score (nSPS) is 13.1. The van der Waals surface area contributed by atoms with Gasteiger partial charge >= 0.3 is 6.18 Å². The molecule has 0 N–H and O–H groups in total. The van der Waals surface area contributed by atoms with Crippen molar-refractivity contribution >= 4 is 62.8 Å². The molecule has 2 rings (SSSR count). The lowest BCUT2D eigenvalue weighted by molar-refractivity contribution is -0.144. The summed E-state index contributed by atoms with van der Waals surface area (Å²) >= 11 is 13.3. The van der Waals surface area contributed by atoms with Crippen molar-refractivity contribution in [3.05, 3.63) is 22.1 Å². The summed E-state index contributed by atoms with van der Waals surface area (Å²) in [5.74, 6) is -1.02. The van der Waals surface area contributed by atoms with E-state index in [9.17, 15) is 13.2 Å². The molecule has 0 bridgehead atoms. The molecule has 92 valence electrons. The van der Waals surface area contributed by atoms with Crippen LogP contribution < -0.4 is 0 Å². The number of rotatable bonds is 1. The molecule has 0 spiro atoms. The molecule has 0 amide bonds. The fraction of sp³-hybridized carbons (Fsp3) is 0.143. The first-order valence-electron chi connectivity index (χ1n) is 4.03. The first-order chi connectivity index (χ1) is 7.84. The monoisotopic (exact) mass is 413 g/mol. The zero-order chi connectivity index (χ0) is 12.8. The second kappa shape index (κ2) is 4.68. The molecule has 0 aliphatic carbocycles. The van der Waals surface area contributed by atoms with Gasteiger partial charge in [-0.3, -0.25) is 4.34 Å². The molecule has 3 nitrogen and oxygen atoms in total. The zero-order valence-electron chi connectivity index (χ0n) is 7.69. The number of imidazole rings is 1. The van der Waals surface area contributed by atoms with Crippen LogP contribution in [0.3, 0.4) is 0 Å². The van der Waals surface area contributed by atoms with Gasteiger partial charge in [0.25, 0.3) is 0 Å². The number of hydrogen-bond donors (Lipinski definition) is 0. The van der Waals surface area contributed by atoms with Crippen LogP contribution in [0.2, 0.25) is 10.2 Å². The molecule has 0 aromatic carbocycles. The van der Waals surface area contributed by atoms with Crippen LogP contribution in [-0.2, 0) is 6.18 Å². The van der Waals surface area contributed by atoms with Crippen LogP contribution in [0.15, 0.2) is 6.07 Å². The standard InChI is InChI=1S/C7H2Cl2F3IN3P/c8-2-1-3(9)14-5-4(2)15-6(7(10,11)12)16(5)17-13/h1,17H. The minimum atomic E-state index is -4.55.